The van der Waals surface area contributed by atoms with E-state index in [1.54, 1.807) is 30.3 Å². The highest BCUT2D eigenvalue weighted by Crippen LogP contribution is 2.37. The number of para-hydroxylation sites is 1. The Bertz CT molecular complexity index is 1420. The molecule has 0 fully saturated rings. The number of benzene rings is 2. The summed E-state index contributed by atoms with van der Waals surface area (Å²) in [4.78, 5) is 27.2. The Hall–Kier alpha value is -3.78. The molecule has 1 heterocycles. The summed E-state index contributed by atoms with van der Waals surface area (Å²) in [6, 6.07) is 8.04. The van der Waals surface area contributed by atoms with Crippen LogP contribution >= 0.6 is 11.6 Å². The van der Waals surface area contributed by atoms with Gasteiger partial charge in [-0.1, -0.05) is 44.5 Å². The fourth-order valence-electron chi connectivity index (χ4n) is 3.88. The van der Waals surface area contributed by atoms with Gasteiger partial charge in [-0.15, -0.1) is 0 Å². The number of nitrogens with zero attached hydrogens (tertiary/aromatic N) is 3. The quantitative estimate of drug-likeness (QED) is 0.190. The summed E-state index contributed by atoms with van der Waals surface area (Å²) in [5.74, 6) is -0.478. The van der Waals surface area contributed by atoms with Crippen molar-refractivity contribution in [3.8, 4) is 5.69 Å². The van der Waals surface area contributed by atoms with Gasteiger partial charge in [-0.2, -0.15) is 31.4 Å². The maximum Gasteiger partial charge on any atom is 0.416 e. The van der Waals surface area contributed by atoms with Crippen molar-refractivity contribution in [1.29, 1.82) is 0 Å². The average molecular weight is 634 g/mol. The number of halogens is 7. The van der Waals surface area contributed by atoms with Crippen LogP contribution in [0, 0.1) is 0 Å². The third-order valence-electron chi connectivity index (χ3n) is 6.06. The fraction of sp³-hybridized carbons (Fsp3) is 0.393. The number of alkyl halides is 6. The van der Waals surface area contributed by atoms with Crippen LogP contribution in [0.5, 0.6) is 0 Å². The highest BCUT2D eigenvalue weighted by Gasteiger charge is 2.37. The minimum atomic E-state index is -5.10. The van der Waals surface area contributed by atoms with Gasteiger partial charge in [-0.25, -0.2) is 9.48 Å². The summed E-state index contributed by atoms with van der Waals surface area (Å²) in [5, 5.41) is 9.67. The Kier molecular flexibility index (Phi) is 10.4. The van der Waals surface area contributed by atoms with E-state index < -0.39 is 53.1 Å². The summed E-state index contributed by atoms with van der Waals surface area (Å²) in [6.45, 7) is 5.21. The summed E-state index contributed by atoms with van der Waals surface area (Å²) in [5.41, 5.74) is -3.27. The highest BCUT2D eigenvalue weighted by molar-refractivity contribution is 6.32. The lowest BCUT2D eigenvalue weighted by atomic mass is 9.92. The van der Waals surface area contributed by atoms with Crippen LogP contribution in [0.1, 0.15) is 44.0 Å². The van der Waals surface area contributed by atoms with Crippen LogP contribution in [-0.2, 0) is 27.3 Å². The molecule has 0 atom stereocenters. The van der Waals surface area contributed by atoms with Gasteiger partial charge < -0.3 is 20.3 Å². The van der Waals surface area contributed by atoms with Crippen molar-refractivity contribution in [2.24, 2.45) is 0 Å². The van der Waals surface area contributed by atoms with Gasteiger partial charge in [0, 0.05) is 37.4 Å². The first-order valence-electron chi connectivity index (χ1n) is 12.9. The molecular formula is C28H30ClF6N5O3. The van der Waals surface area contributed by atoms with E-state index in [2.05, 4.69) is 15.7 Å². The van der Waals surface area contributed by atoms with Crippen LogP contribution < -0.4 is 10.6 Å². The number of aromatic nitrogens is 2. The van der Waals surface area contributed by atoms with E-state index in [-0.39, 0.29) is 31.5 Å². The predicted octanol–water partition coefficient (Wildman–Crippen LogP) is 7.37. The number of carbonyl (C=O) groups is 2. The second-order valence-corrected chi connectivity index (χ2v) is 11.0. The van der Waals surface area contributed by atoms with Crippen LogP contribution in [0.15, 0.2) is 48.5 Å². The molecule has 0 spiro atoms. The fourth-order valence-corrected chi connectivity index (χ4v) is 4.10. The minimum absolute atomic E-state index is 0.0482. The zero-order valence-corrected chi connectivity index (χ0v) is 24.4. The van der Waals surface area contributed by atoms with Crippen LogP contribution in [0.2, 0.25) is 5.02 Å². The summed E-state index contributed by atoms with van der Waals surface area (Å²) >= 11 is 6.36. The first-order chi connectivity index (χ1) is 19.9. The van der Waals surface area contributed by atoms with Crippen molar-refractivity contribution in [2.45, 2.75) is 45.0 Å². The average Bonchev–Trinajstić information content (AvgIpc) is 3.31. The van der Waals surface area contributed by atoms with Crippen molar-refractivity contribution in [3.63, 3.8) is 0 Å². The molecule has 0 radical (unpaired) electrons. The molecule has 0 unspecified atom stereocenters. The van der Waals surface area contributed by atoms with Crippen LogP contribution in [0.4, 0.5) is 42.6 Å². The monoisotopic (exact) mass is 633 g/mol. The molecule has 0 aliphatic heterocycles. The molecule has 2 N–H and O–H groups in total. The minimum Gasteiger partial charge on any atom is -0.385 e. The second kappa shape index (κ2) is 13.2. The van der Waals surface area contributed by atoms with E-state index >= 15 is 0 Å². The largest absolute Gasteiger partial charge is 0.416 e. The number of urea groups is 1. The van der Waals surface area contributed by atoms with E-state index in [9.17, 15) is 35.9 Å². The topological polar surface area (TPSA) is 88.5 Å². The van der Waals surface area contributed by atoms with Gasteiger partial charge in [0.25, 0.3) is 0 Å². The van der Waals surface area contributed by atoms with Gasteiger partial charge in [-0.3, -0.25) is 4.79 Å². The molecule has 0 saturated carbocycles. The Labute approximate surface area is 248 Å². The van der Waals surface area contributed by atoms with Gasteiger partial charge in [0.15, 0.2) is 0 Å². The molecule has 0 aliphatic rings. The first-order valence-corrected chi connectivity index (χ1v) is 13.3. The van der Waals surface area contributed by atoms with E-state index in [0.717, 1.165) is 4.90 Å². The molecule has 234 valence electrons. The maximum atomic E-state index is 13.3. The third kappa shape index (κ3) is 9.10. The molecule has 1 aromatic heterocycles. The lowest BCUT2D eigenvalue weighted by Crippen LogP contribution is -2.41. The zero-order valence-electron chi connectivity index (χ0n) is 23.7. The molecule has 3 aromatic rings. The summed E-state index contributed by atoms with van der Waals surface area (Å²) in [6.07, 6.45) is -9.98. The highest BCUT2D eigenvalue weighted by atomic mass is 35.5. The molecule has 2 aromatic carbocycles. The number of nitrogens with one attached hydrogen (secondary N) is 2. The van der Waals surface area contributed by atoms with Crippen molar-refractivity contribution < 1.29 is 40.7 Å². The number of methoxy groups -OCH3 is 1. The van der Waals surface area contributed by atoms with E-state index in [1.807, 2.05) is 20.8 Å². The molecule has 0 aliphatic carbocycles. The number of rotatable bonds is 9. The van der Waals surface area contributed by atoms with Crippen molar-refractivity contribution >= 4 is 35.0 Å². The Morgan fingerprint density at radius 2 is 1.56 bits per heavy atom. The van der Waals surface area contributed by atoms with E-state index in [0.29, 0.717) is 28.5 Å². The summed E-state index contributed by atoms with van der Waals surface area (Å²) < 4.78 is 86.2. The molecule has 15 heteroatoms. The number of ether oxygens (including phenoxy) is 1. The van der Waals surface area contributed by atoms with Crippen molar-refractivity contribution in [2.75, 3.05) is 37.4 Å². The molecule has 3 amide bonds. The lowest BCUT2D eigenvalue weighted by molar-refractivity contribution is -0.143. The number of anilines is 2. The third-order valence-corrected chi connectivity index (χ3v) is 6.38. The molecule has 0 bridgehead atoms. The van der Waals surface area contributed by atoms with E-state index in [4.69, 9.17) is 16.3 Å². The van der Waals surface area contributed by atoms with Gasteiger partial charge in [0.1, 0.15) is 12.4 Å². The van der Waals surface area contributed by atoms with Crippen molar-refractivity contribution in [3.05, 3.63) is 70.4 Å². The first kappa shape index (κ1) is 33.7. The number of hydrogen-bond donors (Lipinski definition) is 2. The predicted molar refractivity (Wildman–Crippen MR) is 149 cm³/mol. The lowest BCUT2D eigenvalue weighted by Gasteiger charge is -2.23. The molecule has 3 rings (SSSR count). The maximum absolute atomic E-state index is 13.3. The van der Waals surface area contributed by atoms with Crippen LogP contribution in [-0.4, -0.2) is 53.4 Å². The van der Waals surface area contributed by atoms with Crippen LogP contribution in [0.25, 0.3) is 5.69 Å². The SMILES string of the molecule is COCCCN(CC(=O)Nc1cc(C(C)(C)C)nn1-c1ccccc1Cl)C(=O)Nc1cc(C(F)(F)F)cc(C(F)(F)F)c1. The van der Waals surface area contributed by atoms with Gasteiger partial charge in [0.05, 0.1) is 27.5 Å². The number of carbonyl (C=O) groups excluding carboxylic acids is 2. The zero-order chi connectivity index (χ0) is 32.2. The smallest absolute Gasteiger partial charge is 0.385 e. The Morgan fingerprint density at radius 3 is 2.09 bits per heavy atom. The van der Waals surface area contributed by atoms with Crippen LogP contribution in [0.3, 0.4) is 0 Å². The van der Waals surface area contributed by atoms with Gasteiger partial charge >= 0.3 is 18.4 Å². The molecule has 43 heavy (non-hydrogen) atoms. The van der Waals surface area contributed by atoms with Gasteiger partial charge in [-0.05, 0) is 36.8 Å². The number of amides is 3. The summed E-state index contributed by atoms with van der Waals surface area (Å²) in [7, 11) is 1.40. The van der Waals surface area contributed by atoms with Gasteiger partial charge in [0.2, 0.25) is 5.91 Å². The normalized spacial score (nSPS) is 12.3. The second-order valence-electron chi connectivity index (χ2n) is 10.6. The van der Waals surface area contributed by atoms with E-state index in [1.165, 1.54) is 11.8 Å². The molecule has 0 saturated heterocycles. The molecular weight excluding hydrogens is 604 g/mol. The Balaban J connectivity index is 1.89. The van der Waals surface area contributed by atoms with Crippen molar-refractivity contribution in [1.82, 2.24) is 14.7 Å². The standard InChI is InChI=1S/C28H30ClF6N5O3/c1-26(2,3)22-15-23(40(38-22)21-9-6-5-8-20(21)29)37-24(41)16-39(10-7-11-43-4)25(42)36-19-13-17(27(30,31)32)12-18(14-19)28(33,34)35/h5-6,8-9,12-15H,7,10-11,16H2,1-4H3,(H,36,42)(H,37,41). The Morgan fingerprint density at radius 1 is 0.953 bits per heavy atom. The number of hydrogen-bond acceptors (Lipinski definition) is 4. The molecule has 8 nitrogen and oxygen atoms in total.